The van der Waals surface area contributed by atoms with Crippen LogP contribution in [0.5, 0.6) is 0 Å². The van der Waals surface area contributed by atoms with Gasteiger partial charge in [-0.15, -0.1) is 0 Å². The van der Waals surface area contributed by atoms with Crippen molar-refractivity contribution in [2.75, 3.05) is 19.8 Å². The number of hydrogen-bond acceptors (Lipinski definition) is 3. The van der Waals surface area contributed by atoms with Crippen molar-refractivity contribution in [2.45, 2.75) is 18.9 Å². The summed E-state index contributed by atoms with van der Waals surface area (Å²) in [6, 6.07) is 4.08. The summed E-state index contributed by atoms with van der Waals surface area (Å²) in [6.07, 6.45) is 0.691. The van der Waals surface area contributed by atoms with Crippen molar-refractivity contribution in [1.29, 1.82) is 0 Å². The quantitative estimate of drug-likeness (QED) is 0.895. The molecule has 1 amide bonds. The van der Waals surface area contributed by atoms with Crippen LogP contribution in [0.4, 0.5) is 4.39 Å². The number of aliphatic hydroxyl groups is 1. The Morgan fingerprint density at radius 3 is 3.05 bits per heavy atom. The van der Waals surface area contributed by atoms with Gasteiger partial charge in [0.05, 0.1) is 23.7 Å². The fourth-order valence-electron chi connectivity index (χ4n) is 2.13. The summed E-state index contributed by atoms with van der Waals surface area (Å²) in [6.45, 7) is 1.14. The van der Waals surface area contributed by atoms with Crippen LogP contribution in [0.3, 0.4) is 0 Å². The molecule has 2 unspecified atom stereocenters. The Morgan fingerprint density at radius 2 is 2.40 bits per heavy atom. The van der Waals surface area contributed by atoms with Gasteiger partial charge in [-0.1, -0.05) is 17.7 Å². The predicted octanol–water partition coefficient (Wildman–Crippen LogP) is 2.06. The smallest absolute Gasteiger partial charge is 0.225 e. The minimum atomic E-state index is -0.963. The molecule has 2 N–H and O–H groups in total. The monoisotopic (exact) mass is 301 g/mol. The third-order valence-corrected chi connectivity index (χ3v) is 3.64. The van der Waals surface area contributed by atoms with Gasteiger partial charge in [0.25, 0.3) is 0 Å². The van der Waals surface area contributed by atoms with E-state index < -0.39 is 11.9 Å². The lowest BCUT2D eigenvalue weighted by Crippen LogP contribution is -2.37. The molecule has 2 atom stereocenters. The normalized spacial score (nSPS) is 20.4. The Bertz CT molecular complexity index is 477. The summed E-state index contributed by atoms with van der Waals surface area (Å²) in [5, 5.41) is 12.6. The highest BCUT2D eigenvalue weighted by atomic mass is 35.5. The molecule has 0 spiro atoms. The molecule has 4 nitrogen and oxygen atoms in total. The number of hydrogen-bond donors (Lipinski definition) is 2. The molecule has 0 bridgehead atoms. The largest absolute Gasteiger partial charge is 0.387 e. The summed E-state index contributed by atoms with van der Waals surface area (Å²) in [7, 11) is 0. The van der Waals surface area contributed by atoms with E-state index in [9.17, 15) is 14.3 Å². The predicted molar refractivity (Wildman–Crippen MR) is 72.9 cm³/mol. The van der Waals surface area contributed by atoms with E-state index in [2.05, 4.69) is 5.32 Å². The molecule has 1 aliphatic rings. The topological polar surface area (TPSA) is 58.6 Å². The minimum absolute atomic E-state index is 0.00402. The number of rotatable bonds is 4. The van der Waals surface area contributed by atoms with Crippen LogP contribution >= 0.6 is 11.6 Å². The van der Waals surface area contributed by atoms with E-state index in [1.165, 1.54) is 18.2 Å². The van der Waals surface area contributed by atoms with Crippen molar-refractivity contribution in [3.63, 3.8) is 0 Å². The summed E-state index contributed by atoms with van der Waals surface area (Å²) in [4.78, 5) is 11.9. The number of aliphatic hydroxyl groups excluding tert-OH is 1. The Hall–Kier alpha value is -1.17. The number of benzene rings is 1. The number of ether oxygens (including phenoxy) is 1. The number of carbonyl (C=O) groups excluding carboxylic acids is 1. The third-order valence-electron chi connectivity index (χ3n) is 3.33. The summed E-state index contributed by atoms with van der Waals surface area (Å²) < 4.78 is 18.5. The van der Waals surface area contributed by atoms with Gasteiger partial charge in [0.2, 0.25) is 5.91 Å². The van der Waals surface area contributed by atoms with E-state index >= 15 is 0 Å². The first-order valence-corrected chi connectivity index (χ1v) is 6.94. The molecular weight excluding hydrogens is 285 g/mol. The lowest BCUT2D eigenvalue weighted by atomic mass is 10.0. The van der Waals surface area contributed by atoms with Crippen LogP contribution < -0.4 is 5.32 Å². The van der Waals surface area contributed by atoms with Gasteiger partial charge in [-0.25, -0.2) is 4.39 Å². The van der Waals surface area contributed by atoms with Gasteiger partial charge in [-0.05, 0) is 30.5 Å². The molecule has 1 fully saturated rings. The van der Waals surface area contributed by atoms with Crippen LogP contribution in [0, 0.1) is 11.7 Å². The van der Waals surface area contributed by atoms with Crippen LogP contribution in [-0.2, 0) is 9.53 Å². The molecule has 6 heteroatoms. The number of amides is 1. The van der Waals surface area contributed by atoms with Gasteiger partial charge >= 0.3 is 0 Å². The molecule has 1 heterocycles. The number of nitrogens with one attached hydrogen (secondary N) is 1. The Balaban J connectivity index is 1.86. The first kappa shape index (κ1) is 15.2. The maximum atomic E-state index is 13.3. The molecule has 1 aromatic rings. The maximum Gasteiger partial charge on any atom is 0.225 e. The highest BCUT2D eigenvalue weighted by molar-refractivity contribution is 6.30. The average Bonchev–Trinajstić information content (AvgIpc) is 2.48. The summed E-state index contributed by atoms with van der Waals surface area (Å²) in [5.74, 6) is -0.897. The number of carbonyl (C=O) groups is 1. The second-order valence-electron chi connectivity index (χ2n) is 4.85. The molecule has 1 aliphatic heterocycles. The van der Waals surface area contributed by atoms with Crippen LogP contribution in [-0.4, -0.2) is 30.8 Å². The van der Waals surface area contributed by atoms with E-state index in [1.54, 1.807) is 0 Å². The van der Waals surface area contributed by atoms with E-state index in [4.69, 9.17) is 16.3 Å². The van der Waals surface area contributed by atoms with E-state index in [0.29, 0.717) is 18.8 Å². The van der Waals surface area contributed by atoms with Gasteiger partial charge in [0.1, 0.15) is 5.82 Å². The van der Waals surface area contributed by atoms with Crippen LogP contribution in [0.15, 0.2) is 18.2 Å². The fraction of sp³-hybridized carbons (Fsp3) is 0.500. The minimum Gasteiger partial charge on any atom is -0.387 e. The van der Waals surface area contributed by atoms with Crippen molar-refractivity contribution in [3.05, 3.63) is 34.6 Å². The van der Waals surface area contributed by atoms with Crippen LogP contribution in [0.25, 0.3) is 0 Å². The molecule has 1 saturated heterocycles. The Kier molecular flexibility index (Phi) is 5.34. The molecule has 20 heavy (non-hydrogen) atoms. The summed E-state index contributed by atoms with van der Waals surface area (Å²) in [5.41, 5.74) is 0.382. The molecule has 0 aliphatic carbocycles. The standard InChI is InChI=1S/C14H17ClFNO3/c15-11-4-3-9(6-12(11)16)13(18)7-17-14(19)10-2-1-5-20-8-10/h3-4,6,10,13,18H,1-2,5,7-8H2,(H,17,19). The SMILES string of the molecule is O=C(NCC(O)c1ccc(Cl)c(F)c1)C1CCCOC1. The highest BCUT2D eigenvalue weighted by Gasteiger charge is 2.22. The second-order valence-corrected chi connectivity index (χ2v) is 5.26. The van der Waals surface area contributed by atoms with Gasteiger partial charge in [0.15, 0.2) is 0 Å². The second kappa shape index (κ2) is 7.02. The molecule has 0 aromatic heterocycles. The molecular formula is C14H17ClFNO3. The van der Waals surface area contributed by atoms with Crippen molar-refractivity contribution < 1.29 is 19.0 Å². The zero-order valence-corrected chi connectivity index (χ0v) is 11.7. The zero-order valence-electron chi connectivity index (χ0n) is 10.9. The van der Waals surface area contributed by atoms with Crippen molar-refractivity contribution >= 4 is 17.5 Å². The van der Waals surface area contributed by atoms with Gasteiger partial charge < -0.3 is 15.2 Å². The highest BCUT2D eigenvalue weighted by Crippen LogP contribution is 2.20. The van der Waals surface area contributed by atoms with E-state index in [-0.39, 0.29) is 23.4 Å². The Labute approximate surface area is 121 Å². The van der Waals surface area contributed by atoms with Crippen molar-refractivity contribution in [2.24, 2.45) is 5.92 Å². The van der Waals surface area contributed by atoms with Gasteiger partial charge in [-0.3, -0.25) is 4.79 Å². The molecule has 110 valence electrons. The first-order chi connectivity index (χ1) is 9.58. The Morgan fingerprint density at radius 1 is 1.60 bits per heavy atom. The molecule has 0 saturated carbocycles. The van der Waals surface area contributed by atoms with E-state index in [0.717, 1.165) is 12.8 Å². The molecule has 1 aromatic carbocycles. The van der Waals surface area contributed by atoms with Crippen LogP contribution in [0.2, 0.25) is 5.02 Å². The first-order valence-electron chi connectivity index (χ1n) is 6.56. The average molecular weight is 302 g/mol. The molecule has 0 radical (unpaired) electrons. The fourth-order valence-corrected chi connectivity index (χ4v) is 2.24. The lowest BCUT2D eigenvalue weighted by molar-refractivity contribution is -0.129. The zero-order chi connectivity index (χ0) is 14.5. The van der Waals surface area contributed by atoms with Crippen LogP contribution in [0.1, 0.15) is 24.5 Å². The molecule has 2 rings (SSSR count). The third kappa shape index (κ3) is 3.91. The van der Waals surface area contributed by atoms with Crippen molar-refractivity contribution in [3.8, 4) is 0 Å². The van der Waals surface area contributed by atoms with Gasteiger partial charge in [-0.2, -0.15) is 0 Å². The lowest BCUT2D eigenvalue weighted by Gasteiger charge is -2.22. The van der Waals surface area contributed by atoms with Crippen molar-refractivity contribution in [1.82, 2.24) is 5.32 Å². The van der Waals surface area contributed by atoms with Gasteiger partial charge in [0, 0.05) is 13.2 Å². The summed E-state index contributed by atoms with van der Waals surface area (Å²) >= 11 is 5.57. The number of halogens is 2. The maximum absolute atomic E-state index is 13.3. The van der Waals surface area contributed by atoms with E-state index in [1.807, 2.05) is 0 Å².